The molecule has 10 heteroatoms. The van der Waals surface area contributed by atoms with Crippen molar-refractivity contribution < 1.29 is 0 Å². The first-order valence-electron chi connectivity index (χ1n) is 3.08. The third-order valence-corrected chi connectivity index (χ3v) is 1.20. The van der Waals surface area contributed by atoms with Crippen molar-refractivity contribution in [3.8, 4) is 0 Å². The molecule has 0 aromatic carbocycles. The van der Waals surface area contributed by atoms with Gasteiger partial charge in [0.2, 0.25) is 5.95 Å². The third kappa shape index (κ3) is 1.06. The largest absolute Gasteiger partial charge is 0.366 e. The highest BCUT2D eigenvalue weighted by Gasteiger charge is 2.04. The normalized spacial score (nSPS) is 9.85. The van der Waals surface area contributed by atoms with Gasteiger partial charge in [-0.25, -0.2) is 0 Å². The minimum atomic E-state index is -0.137. The first-order valence-corrected chi connectivity index (χ1v) is 3.08. The molecule has 13 heavy (non-hydrogen) atoms. The van der Waals surface area contributed by atoms with E-state index in [0.717, 1.165) is 4.52 Å². The Morgan fingerprint density at radius 1 is 1.31 bits per heavy atom. The van der Waals surface area contributed by atoms with Gasteiger partial charge in [-0.1, -0.05) is 0 Å². The van der Waals surface area contributed by atoms with Gasteiger partial charge in [0, 0.05) is 4.91 Å². The third-order valence-electron chi connectivity index (χ3n) is 1.20. The van der Waals surface area contributed by atoms with Gasteiger partial charge in [0.15, 0.2) is 0 Å². The summed E-state index contributed by atoms with van der Waals surface area (Å²) in [4.78, 5) is 2.49. The lowest BCUT2D eigenvalue weighted by Crippen LogP contribution is -2.01. The molecule has 0 aliphatic carbocycles. The van der Waals surface area contributed by atoms with Crippen molar-refractivity contribution >= 4 is 17.7 Å². The highest BCUT2D eigenvalue weighted by atomic mass is 15.5. The van der Waals surface area contributed by atoms with E-state index in [0.29, 0.717) is 0 Å². The van der Waals surface area contributed by atoms with E-state index in [9.17, 15) is 0 Å². The molecule has 64 valence electrons. The maximum Gasteiger partial charge on any atom is 0.292 e. The average Bonchev–Trinajstić information content (AvgIpc) is 2.49. The van der Waals surface area contributed by atoms with Gasteiger partial charge in [-0.05, 0) is 10.6 Å². The Labute approximate surface area is 70.0 Å². The number of hydrogen-bond donors (Lipinski definition) is 1. The van der Waals surface area contributed by atoms with Crippen LogP contribution in [0.5, 0.6) is 0 Å². The number of fused-ring (bicyclic) bond motifs is 1. The number of nitrogens with zero attached hydrogens (tertiary/aromatic N) is 9. The second kappa shape index (κ2) is 2.53. The molecule has 0 saturated heterocycles. The van der Waals surface area contributed by atoms with E-state index >= 15 is 0 Å². The van der Waals surface area contributed by atoms with Crippen LogP contribution in [0.15, 0.2) is 5.11 Å². The minimum absolute atomic E-state index is 0.0549. The van der Waals surface area contributed by atoms with Crippen LogP contribution in [0.3, 0.4) is 0 Å². The van der Waals surface area contributed by atoms with Crippen LogP contribution in [-0.4, -0.2) is 30.0 Å². The van der Waals surface area contributed by atoms with E-state index in [4.69, 9.17) is 11.3 Å². The van der Waals surface area contributed by atoms with Gasteiger partial charge in [-0.2, -0.15) is 4.52 Å². The number of azide groups is 1. The van der Waals surface area contributed by atoms with Crippen molar-refractivity contribution in [3.05, 3.63) is 10.4 Å². The molecule has 2 N–H and O–H groups in total. The summed E-state index contributed by atoms with van der Waals surface area (Å²) in [5.74, 6) is 0.0650. The Kier molecular flexibility index (Phi) is 1.40. The van der Waals surface area contributed by atoms with Crippen LogP contribution in [0.25, 0.3) is 16.2 Å². The zero-order valence-corrected chi connectivity index (χ0v) is 6.10. The number of aromatic nitrogens is 6. The van der Waals surface area contributed by atoms with Gasteiger partial charge in [0.05, 0.1) is 0 Å². The molecular weight excluding hydrogens is 176 g/mol. The molecule has 0 spiro atoms. The van der Waals surface area contributed by atoms with Crippen molar-refractivity contribution in [3.63, 3.8) is 0 Å². The topological polar surface area (TPSA) is 144 Å². The van der Waals surface area contributed by atoms with Crippen molar-refractivity contribution in [2.75, 3.05) is 5.73 Å². The van der Waals surface area contributed by atoms with Crippen LogP contribution in [-0.2, 0) is 0 Å². The van der Waals surface area contributed by atoms with Gasteiger partial charge in [0.1, 0.15) is 0 Å². The Morgan fingerprint density at radius 3 is 2.85 bits per heavy atom. The maximum absolute atomic E-state index is 8.09. The average molecular weight is 178 g/mol. The van der Waals surface area contributed by atoms with Crippen molar-refractivity contribution in [1.29, 1.82) is 0 Å². The molecule has 0 aliphatic rings. The molecule has 2 rings (SSSR count). The molecule has 0 saturated carbocycles. The minimum Gasteiger partial charge on any atom is -0.366 e. The van der Waals surface area contributed by atoms with E-state index in [1.54, 1.807) is 0 Å². The standard InChI is InChI=1S/C3H2N10/c4-1-6-9-3-10-7-2(8-12-5)11-13(1)3/h(H2,4,6). The summed E-state index contributed by atoms with van der Waals surface area (Å²) in [7, 11) is 0. The number of hydrogen-bond acceptors (Lipinski definition) is 7. The summed E-state index contributed by atoms with van der Waals surface area (Å²) in [5, 5.41) is 20.9. The lowest BCUT2D eigenvalue weighted by Gasteiger charge is -1.90. The highest BCUT2D eigenvalue weighted by molar-refractivity contribution is 5.32. The lowest BCUT2D eigenvalue weighted by molar-refractivity contribution is 0.830. The zero-order valence-electron chi connectivity index (χ0n) is 6.10. The van der Waals surface area contributed by atoms with Crippen molar-refractivity contribution in [1.82, 2.24) is 30.0 Å². The van der Waals surface area contributed by atoms with Crippen LogP contribution >= 0.6 is 0 Å². The monoisotopic (exact) mass is 178 g/mol. The fourth-order valence-electron chi connectivity index (χ4n) is 0.720. The molecule has 0 radical (unpaired) electrons. The molecule has 0 fully saturated rings. The van der Waals surface area contributed by atoms with Crippen LogP contribution in [0.2, 0.25) is 0 Å². The Bertz CT molecular complexity index is 490. The lowest BCUT2D eigenvalue weighted by atomic mass is 11.0. The molecule has 0 bridgehead atoms. The van der Waals surface area contributed by atoms with E-state index in [1.165, 1.54) is 0 Å². The second-order valence-electron chi connectivity index (χ2n) is 1.96. The predicted octanol–water partition coefficient (Wildman–Crippen LogP) is -0.562. The van der Waals surface area contributed by atoms with E-state index < -0.39 is 0 Å². The Morgan fingerprint density at radius 2 is 2.08 bits per heavy atom. The summed E-state index contributed by atoms with van der Waals surface area (Å²) in [6.45, 7) is 0. The first-order chi connectivity index (χ1) is 6.31. The summed E-state index contributed by atoms with van der Waals surface area (Å²) in [5.41, 5.74) is 13.5. The van der Waals surface area contributed by atoms with Gasteiger partial charge >= 0.3 is 0 Å². The number of anilines is 1. The van der Waals surface area contributed by atoms with Crippen LogP contribution in [0, 0.1) is 0 Å². The molecule has 0 atom stereocenters. The molecular formula is C3H2N10. The summed E-state index contributed by atoms with van der Waals surface area (Å²) in [6.07, 6.45) is 0. The zero-order chi connectivity index (χ0) is 9.26. The Balaban J connectivity index is 2.72. The van der Waals surface area contributed by atoms with Crippen LogP contribution in [0.4, 0.5) is 11.9 Å². The summed E-state index contributed by atoms with van der Waals surface area (Å²) < 4.78 is 1.12. The van der Waals surface area contributed by atoms with E-state index in [1.807, 2.05) is 0 Å². The van der Waals surface area contributed by atoms with Crippen molar-refractivity contribution in [2.24, 2.45) is 5.11 Å². The number of nitrogen functional groups attached to an aromatic ring is 1. The number of nitrogens with two attached hydrogens (primary N) is 1. The molecule has 2 heterocycles. The highest BCUT2D eigenvalue weighted by Crippen LogP contribution is 2.03. The fourth-order valence-corrected chi connectivity index (χ4v) is 0.720. The molecule has 0 unspecified atom stereocenters. The second-order valence-corrected chi connectivity index (χ2v) is 1.96. The SMILES string of the molecule is [N-]=[N+]=Nc1nnc2nnc(N)n2n1. The van der Waals surface area contributed by atoms with Crippen molar-refractivity contribution in [2.45, 2.75) is 0 Å². The molecule has 2 aromatic rings. The van der Waals surface area contributed by atoms with Gasteiger partial charge in [-0.3, -0.25) is 0 Å². The van der Waals surface area contributed by atoms with E-state index in [-0.39, 0.29) is 17.7 Å². The Hall–Kier alpha value is -2.48. The quantitative estimate of drug-likeness (QED) is 0.352. The number of rotatable bonds is 1. The van der Waals surface area contributed by atoms with Crippen LogP contribution in [0.1, 0.15) is 0 Å². The summed E-state index contributed by atoms with van der Waals surface area (Å²) in [6, 6.07) is 0. The molecule has 2 aromatic heterocycles. The smallest absolute Gasteiger partial charge is 0.292 e. The van der Waals surface area contributed by atoms with E-state index in [2.05, 4.69) is 35.5 Å². The van der Waals surface area contributed by atoms with Gasteiger partial charge in [0.25, 0.3) is 11.7 Å². The van der Waals surface area contributed by atoms with Gasteiger partial charge in [-0.15, -0.1) is 25.5 Å². The van der Waals surface area contributed by atoms with Crippen LogP contribution < -0.4 is 5.73 Å². The molecule has 0 amide bonds. The predicted molar refractivity (Wildman–Crippen MR) is 39.6 cm³/mol. The van der Waals surface area contributed by atoms with Gasteiger partial charge < -0.3 is 5.73 Å². The first kappa shape index (κ1) is 7.18. The summed E-state index contributed by atoms with van der Waals surface area (Å²) >= 11 is 0. The maximum atomic E-state index is 8.09. The molecule has 0 aliphatic heterocycles. The fraction of sp³-hybridized carbons (Fsp3) is 0. The molecule has 10 nitrogen and oxygen atoms in total.